The Morgan fingerprint density at radius 2 is 0.773 bits per heavy atom. The number of nitro benzene ring substituents is 4. The minimum atomic E-state index is -0.737. The van der Waals surface area contributed by atoms with Gasteiger partial charge in [0, 0.05) is 76.6 Å². The Balaban J connectivity index is 0.000000240. The fraction of sp³-hybridized carbons (Fsp3) is 0.462. The Labute approximate surface area is 251 Å². The van der Waals surface area contributed by atoms with Crippen LogP contribution in [-0.4, -0.2) is 117 Å². The number of non-ortho nitro benzene ring substituents is 4. The summed E-state index contributed by atoms with van der Waals surface area (Å²) in [6.45, 7) is 10.7. The van der Waals surface area contributed by atoms with Gasteiger partial charge in [0.05, 0.1) is 43.0 Å². The molecule has 0 bridgehead atoms. The summed E-state index contributed by atoms with van der Waals surface area (Å²) in [5.74, 6) is -0.829. The van der Waals surface area contributed by atoms with Crippen molar-refractivity contribution in [3.63, 3.8) is 0 Å². The lowest BCUT2D eigenvalue weighted by Crippen LogP contribution is -2.48. The quantitative estimate of drug-likeness (QED) is 0.308. The summed E-state index contributed by atoms with van der Waals surface area (Å²) in [4.78, 5) is 72.8. The molecule has 0 saturated carbocycles. The molecule has 18 nitrogen and oxygen atoms in total. The number of likely N-dealkylation sites (N-methyl/N-ethyl adjacent to an activating group) is 2. The van der Waals surface area contributed by atoms with E-state index < -0.39 is 54.3 Å². The minimum Gasteiger partial charge on any atom is -0.336 e. The van der Waals surface area contributed by atoms with E-state index in [1.165, 1.54) is 0 Å². The van der Waals surface area contributed by atoms with Crippen LogP contribution in [-0.2, 0) is 0 Å². The van der Waals surface area contributed by atoms with Crippen molar-refractivity contribution in [3.05, 3.63) is 88.0 Å². The Hall–Kier alpha value is -5.10. The molecule has 2 heterocycles. The maximum Gasteiger partial charge on any atom is 0.277 e. The second-order valence-electron chi connectivity index (χ2n) is 9.96. The van der Waals surface area contributed by atoms with Crippen molar-refractivity contribution in [2.75, 3.05) is 65.4 Å². The number of nitrogens with zero attached hydrogens (tertiary/aromatic N) is 8. The van der Waals surface area contributed by atoms with Gasteiger partial charge in [0.2, 0.25) is 0 Å². The van der Waals surface area contributed by atoms with Crippen molar-refractivity contribution in [2.24, 2.45) is 0 Å². The van der Waals surface area contributed by atoms with E-state index in [0.717, 1.165) is 75.7 Å². The van der Waals surface area contributed by atoms with Crippen LogP contribution in [0.25, 0.3) is 0 Å². The van der Waals surface area contributed by atoms with E-state index in [4.69, 9.17) is 0 Å². The van der Waals surface area contributed by atoms with Crippen LogP contribution in [0.5, 0.6) is 0 Å². The molecule has 0 unspecified atom stereocenters. The van der Waals surface area contributed by atoms with Gasteiger partial charge in [-0.3, -0.25) is 50.0 Å². The van der Waals surface area contributed by atoms with Gasteiger partial charge in [-0.1, -0.05) is 13.8 Å². The highest BCUT2D eigenvalue weighted by molar-refractivity contribution is 5.96. The first-order valence-corrected chi connectivity index (χ1v) is 13.8. The highest BCUT2D eigenvalue weighted by atomic mass is 16.6. The zero-order chi connectivity index (χ0) is 32.6. The van der Waals surface area contributed by atoms with Crippen molar-refractivity contribution in [3.8, 4) is 0 Å². The summed E-state index contributed by atoms with van der Waals surface area (Å²) >= 11 is 0. The first-order chi connectivity index (χ1) is 20.8. The summed E-state index contributed by atoms with van der Waals surface area (Å²) < 4.78 is 0. The Morgan fingerprint density at radius 3 is 0.977 bits per heavy atom. The number of amides is 2. The maximum absolute atomic E-state index is 12.4. The van der Waals surface area contributed by atoms with Gasteiger partial charge < -0.3 is 19.6 Å². The second kappa shape index (κ2) is 14.9. The molecule has 2 aromatic carbocycles. The zero-order valence-electron chi connectivity index (χ0n) is 24.2. The molecule has 2 aromatic rings. The number of piperazine rings is 2. The predicted molar refractivity (Wildman–Crippen MR) is 156 cm³/mol. The Kier molecular flexibility index (Phi) is 11.3. The van der Waals surface area contributed by atoms with Gasteiger partial charge in [-0.15, -0.1) is 0 Å². The van der Waals surface area contributed by atoms with Crippen LogP contribution >= 0.6 is 0 Å². The standard InChI is InChI=1S/2C13H16N4O5/c2*1-2-14-3-5-15(6-4-14)13(18)10-7-11(16(19)20)9-12(8-10)17(21)22/h2*7-9H,2-6H2,1H3. The van der Waals surface area contributed by atoms with Crippen molar-refractivity contribution in [1.29, 1.82) is 0 Å². The predicted octanol–water partition coefficient (Wildman–Crippen LogP) is 2.56. The Morgan fingerprint density at radius 1 is 0.523 bits per heavy atom. The van der Waals surface area contributed by atoms with Gasteiger partial charge in [-0.25, -0.2) is 0 Å². The normalized spacial score (nSPS) is 15.6. The molecule has 0 radical (unpaired) electrons. The Bertz CT molecular complexity index is 1260. The molecule has 236 valence electrons. The van der Waals surface area contributed by atoms with Crippen LogP contribution in [0, 0.1) is 40.5 Å². The molecule has 0 atom stereocenters. The maximum atomic E-state index is 12.4. The fourth-order valence-corrected chi connectivity index (χ4v) is 4.76. The summed E-state index contributed by atoms with van der Waals surface area (Å²) in [5, 5.41) is 43.4. The lowest BCUT2D eigenvalue weighted by Gasteiger charge is -2.34. The van der Waals surface area contributed by atoms with Crippen molar-refractivity contribution in [1.82, 2.24) is 19.6 Å². The molecule has 18 heteroatoms. The largest absolute Gasteiger partial charge is 0.336 e. The van der Waals surface area contributed by atoms with E-state index in [0.29, 0.717) is 26.2 Å². The molecule has 2 saturated heterocycles. The zero-order valence-corrected chi connectivity index (χ0v) is 24.2. The van der Waals surface area contributed by atoms with E-state index >= 15 is 0 Å². The first kappa shape index (κ1) is 33.4. The van der Waals surface area contributed by atoms with Gasteiger partial charge in [0.15, 0.2) is 0 Å². The highest BCUT2D eigenvalue weighted by Crippen LogP contribution is 2.25. The van der Waals surface area contributed by atoms with E-state index in [1.54, 1.807) is 9.80 Å². The third-order valence-electron chi connectivity index (χ3n) is 7.36. The third kappa shape index (κ3) is 8.48. The topological polar surface area (TPSA) is 220 Å². The van der Waals surface area contributed by atoms with Gasteiger partial charge in [0.1, 0.15) is 0 Å². The molecule has 2 fully saturated rings. The van der Waals surface area contributed by atoms with Crippen molar-refractivity contribution < 1.29 is 29.3 Å². The summed E-state index contributed by atoms with van der Waals surface area (Å²) in [5.41, 5.74) is -1.86. The third-order valence-corrected chi connectivity index (χ3v) is 7.36. The molecule has 0 N–H and O–H groups in total. The van der Waals surface area contributed by atoms with Crippen molar-refractivity contribution >= 4 is 34.6 Å². The van der Waals surface area contributed by atoms with E-state index in [9.17, 15) is 50.0 Å². The average molecular weight is 617 g/mol. The van der Waals surface area contributed by atoms with Gasteiger partial charge in [-0.05, 0) is 13.1 Å². The molecule has 2 amide bonds. The van der Waals surface area contributed by atoms with Crippen LogP contribution in [0.1, 0.15) is 34.6 Å². The summed E-state index contributed by atoms with van der Waals surface area (Å²) in [6.07, 6.45) is 0. The second-order valence-corrected chi connectivity index (χ2v) is 9.96. The molecule has 2 aliphatic rings. The SMILES string of the molecule is CCN1CCN(C(=O)c2cc([N+](=O)[O-])cc([N+](=O)[O-])c2)CC1.CCN1CCN(C(=O)c2cc([N+](=O)[O-])cc([N+](=O)[O-])c2)CC1. The smallest absolute Gasteiger partial charge is 0.277 e. The molecule has 0 aliphatic carbocycles. The van der Waals surface area contributed by atoms with Crippen LogP contribution in [0.4, 0.5) is 22.7 Å². The molecular weight excluding hydrogens is 584 g/mol. The minimum absolute atomic E-state index is 0.0224. The van der Waals surface area contributed by atoms with Gasteiger partial charge in [-0.2, -0.15) is 0 Å². The van der Waals surface area contributed by atoms with Crippen LogP contribution in [0.15, 0.2) is 36.4 Å². The highest BCUT2D eigenvalue weighted by Gasteiger charge is 2.27. The van der Waals surface area contributed by atoms with Gasteiger partial charge in [0.25, 0.3) is 34.6 Å². The number of benzene rings is 2. The molecular formula is C26H32N8O10. The number of rotatable bonds is 8. The first-order valence-electron chi connectivity index (χ1n) is 13.8. The van der Waals surface area contributed by atoms with Crippen LogP contribution in [0.3, 0.4) is 0 Å². The molecule has 2 aliphatic heterocycles. The van der Waals surface area contributed by atoms with Crippen LogP contribution < -0.4 is 0 Å². The lowest BCUT2D eigenvalue weighted by atomic mass is 10.1. The average Bonchev–Trinajstić information content (AvgIpc) is 3.03. The number of hydrogen-bond donors (Lipinski definition) is 0. The molecule has 0 spiro atoms. The molecule has 4 rings (SSSR count). The summed E-state index contributed by atoms with van der Waals surface area (Å²) in [6, 6.07) is 6.05. The molecule has 0 aromatic heterocycles. The van der Waals surface area contributed by atoms with Crippen LogP contribution in [0.2, 0.25) is 0 Å². The van der Waals surface area contributed by atoms with E-state index in [1.807, 2.05) is 13.8 Å². The summed E-state index contributed by atoms with van der Waals surface area (Å²) in [7, 11) is 0. The number of carbonyl (C=O) groups excluding carboxylic acids is 2. The number of nitro groups is 4. The number of hydrogen-bond acceptors (Lipinski definition) is 12. The van der Waals surface area contributed by atoms with Gasteiger partial charge >= 0.3 is 0 Å². The molecule has 44 heavy (non-hydrogen) atoms. The van der Waals surface area contributed by atoms with E-state index in [2.05, 4.69) is 9.80 Å². The van der Waals surface area contributed by atoms with E-state index in [-0.39, 0.29) is 11.1 Å². The monoisotopic (exact) mass is 616 g/mol. The fourth-order valence-electron chi connectivity index (χ4n) is 4.76. The van der Waals surface area contributed by atoms with Crippen molar-refractivity contribution in [2.45, 2.75) is 13.8 Å². The number of carbonyl (C=O) groups is 2. The lowest BCUT2D eigenvalue weighted by molar-refractivity contribution is -0.394.